The van der Waals surface area contributed by atoms with Crippen LogP contribution in [0.4, 0.5) is 0 Å². The molecule has 0 aliphatic carbocycles. The Kier molecular flexibility index (Phi) is 5.56. The summed E-state index contributed by atoms with van der Waals surface area (Å²) < 4.78 is 11.2. The van der Waals surface area contributed by atoms with Gasteiger partial charge in [-0.25, -0.2) is 0 Å². The molecule has 1 aromatic carbocycles. The smallest absolute Gasteiger partial charge is 0.168 e. The van der Waals surface area contributed by atoms with Crippen LogP contribution >= 0.6 is 15.9 Å². The van der Waals surface area contributed by atoms with Crippen LogP contribution in [0.3, 0.4) is 0 Å². The van der Waals surface area contributed by atoms with Gasteiger partial charge in [-0.2, -0.15) is 0 Å². The van der Waals surface area contributed by atoms with Crippen molar-refractivity contribution >= 4 is 22.0 Å². The number of halogens is 1. The predicted octanol–water partition coefficient (Wildman–Crippen LogP) is 4.28. The molecule has 0 aromatic heterocycles. The first-order valence-corrected chi connectivity index (χ1v) is 6.77. The van der Waals surface area contributed by atoms with Crippen LogP contribution < -0.4 is 9.47 Å². The zero-order valence-corrected chi connectivity index (χ0v) is 12.4. The van der Waals surface area contributed by atoms with Crippen molar-refractivity contribution in [2.45, 2.75) is 26.9 Å². The van der Waals surface area contributed by atoms with Crippen LogP contribution in [-0.4, -0.2) is 18.5 Å². The third-order valence-corrected chi connectivity index (χ3v) is 3.08. The van der Waals surface area contributed by atoms with Crippen molar-refractivity contribution in [3.05, 3.63) is 29.3 Å². The van der Waals surface area contributed by atoms with Gasteiger partial charge in [0.05, 0.1) is 13.2 Å². The molecule has 94 valence electrons. The standard InChI is InChI=1S/C14H19BrO2/c1-10(2)17-14-12(8-11(3)9-15)6-5-7-13(14)16-4/h5-8,10H,9H2,1-4H3. The topological polar surface area (TPSA) is 18.5 Å². The third kappa shape index (κ3) is 4.08. The maximum Gasteiger partial charge on any atom is 0.168 e. The molecule has 17 heavy (non-hydrogen) atoms. The van der Waals surface area contributed by atoms with Crippen LogP contribution in [0.1, 0.15) is 26.3 Å². The van der Waals surface area contributed by atoms with Gasteiger partial charge in [0.2, 0.25) is 0 Å². The highest BCUT2D eigenvalue weighted by atomic mass is 79.9. The van der Waals surface area contributed by atoms with Gasteiger partial charge < -0.3 is 9.47 Å². The summed E-state index contributed by atoms with van der Waals surface area (Å²) in [5.74, 6) is 1.58. The van der Waals surface area contributed by atoms with Crippen molar-refractivity contribution in [2.24, 2.45) is 0 Å². The summed E-state index contributed by atoms with van der Waals surface area (Å²) in [5, 5.41) is 0.853. The highest BCUT2D eigenvalue weighted by Gasteiger charge is 2.10. The number of benzene rings is 1. The fourth-order valence-electron chi connectivity index (χ4n) is 1.47. The van der Waals surface area contributed by atoms with Crippen LogP contribution in [0.15, 0.2) is 23.8 Å². The Morgan fingerprint density at radius 3 is 2.65 bits per heavy atom. The van der Waals surface area contributed by atoms with Gasteiger partial charge in [-0.05, 0) is 26.8 Å². The summed E-state index contributed by atoms with van der Waals surface area (Å²) in [5.41, 5.74) is 2.29. The molecule has 1 rings (SSSR count). The second-order valence-electron chi connectivity index (χ2n) is 4.17. The normalized spacial score (nSPS) is 11.8. The summed E-state index contributed by atoms with van der Waals surface area (Å²) in [6.07, 6.45) is 2.23. The van der Waals surface area contributed by atoms with Crippen molar-refractivity contribution in [3.63, 3.8) is 0 Å². The van der Waals surface area contributed by atoms with Crippen LogP contribution in [0.25, 0.3) is 6.08 Å². The molecule has 0 atom stereocenters. The number of methoxy groups -OCH3 is 1. The molecular formula is C14H19BrO2. The summed E-state index contributed by atoms with van der Waals surface area (Å²) in [6, 6.07) is 5.92. The predicted molar refractivity (Wildman–Crippen MR) is 76.2 cm³/mol. The van der Waals surface area contributed by atoms with Gasteiger partial charge >= 0.3 is 0 Å². The molecular weight excluding hydrogens is 280 g/mol. The van der Waals surface area contributed by atoms with Crippen molar-refractivity contribution < 1.29 is 9.47 Å². The Morgan fingerprint density at radius 2 is 2.12 bits per heavy atom. The number of rotatable bonds is 5. The minimum atomic E-state index is 0.128. The Labute approximate surface area is 112 Å². The maximum absolute atomic E-state index is 5.83. The first-order chi connectivity index (χ1) is 8.08. The monoisotopic (exact) mass is 298 g/mol. The molecule has 0 radical (unpaired) electrons. The molecule has 0 aliphatic rings. The molecule has 0 N–H and O–H groups in total. The highest BCUT2D eigenvalue weighted by molar-refractivity contribution is 9.09. The Bertz CT molecular complexity index is 397. The quantitative estimate of drug-likeness (QED) is 0.755. The van der Waals surface area contributed by atoms with Gasteiger partial charge in [0, 0.05) is 10.9 Å². The Balaban J connectivity index is 3.19. The second-order valence-corrected chi connectivity index (χ2v) is 4.73. The lowest BCUT2D eigenvalue weighted by Gasteiger charge is -2.16. The van der Waals surface area contributed by atoms with Gasteiger partial charge in [-0.1, -0.05) is 39.7 Å². The van der Waals surface area contributed by atoms with E-state index in [0.29, 0.717) is 0 Å². The summed E-state index contributed by atoms with van der Waals surface area (Å²) >= 11 is 3.44. The number of para-hydroxylation sites is 1. The van der Waals surface area contributed by atoms with Crippen molar-refractivity contribution in [1.29, 1.82) is 0 Å². The SMILES string of the molecule is COc1cccc(C=C(C)CBr)c1OC(C)C. The Morgan fingerprint density at radius 1 is 1.41 bits per heavy atom. The van der Waals surface area contributed by atoms with Gasteiger partial charge in [0.25, 0.3) is 0 Å². The summed E-state index contributed by atoms with van der Waals surface area (Å²) in [6.45, 7) is 6.10. The number of allylic oxidation sites excluding steroid dienone is 1. The van der Waals surface area contributed by atoms with Crippen molar-refractivity contribution in [1.82, 2.24) is 0 Å². The van der Waals surface area contributed by atoms with E-state index in [1.807, 2.05) is 32.0 Å². The highest BCUT2D eigenvalue weighted by Crippen LogP contribution is 2.33. The second kappa shape index (κ2) is 6.70. The van der Waals surface area contributed by atoms with Gasteiger partial charge in [-0.15, -0.1) is 0 Å². The average molecular weight is 299 g/mol. The fraction of sp³-hybridized carbons (Fsp3) is 0.429. The van der Waals surface area contributed by atoms with E-state index in [4.69, 9.17) is 9.47 Å². The van der Waals surface area contributed by atoms with Gasteiger partial charge in [0.1, 0.15) is 0 Å². The van der Waals surface area contributed by atoms with E-state index in [1.165, 1.54) is 5.57 Å². The number of hydrogen-bond donors (Lipinski definition) is 0. The van der Waals surface area contributed by atoms with Crippen LogP contribution in [-0.2, 0) is 0 Å². The lowest BCUT2D eigenvalue weighted by molar-refractivity contribution is 0.229. The first kappa shape index (κ1) is 14.1. The third-order valence-electron chi connectivity index (χ3n) is 2.20. The van der Waals surface area contributed by atoms with E-state index >= 15 is 0 Å². The minimum Gasteiger partial charge on any atom is -0.493 e. The molecule has 0 unspecified atom stereocenters. The molecule has 0 saturated heterocycles. The molecule has 0 bridgehead atoms. The molecule has 0 aliphatic heterocycles. The van der Waals surface area contributed by atoms with E-state index in [9.17, 15) is 0 Å². The zero-order chi connectivity index (χ0) is 12.8. The van der Waals surface area contributed by atoms with Gasteiger partial charge in [0.15, 0.2) is 11.5 Å². The molecule has 1 aromatic rings. The van der Waals surface area contributed by atoms with Crippen LogP contribution in [0.2, 0.25) is 0 Å². The van der Waals surface area contributed by atoms with Crippen LogP contribution in [0.5, 0.6) is 11.5 Å². The molecule has 0 heterocycles. The molecule has 0 amide bonds. The Hall–Kier alpha value is -0.960. The van der Waals surface area contributed by atoms with E-state index in [0.717, 1.165) is 22.4 Å². The number of hydrogen-bond acceptors (Lipinski definition) is 2. The summed E-state index contributed by atoms with van der Waals surface area (Å²) in [4.78, 5) is 0. The number of alkyl halides is 1. The number of ether oxygens (including phenoxy) is 2. The van der Waals surface area contributed by atoms with Crippen molar-refractivity contribution in [2.75, 3.05) is 12.4 Å². The van der Waals surface area contributed by atoms with Crippen LogP contribution in [0, 0.1) is 0 Å². The first-order valence-electron chi connectivity index (χ1n) is 5.65. The zero-order valence-electron chi connectivity index (χ0n) is 10.8. The molecule has 2 nitrogen and oxygen atoms in total. The molecule has 0 saturated carbocycles. The molecule has 0 spiro atoms. The molecule has 0 fully saturated rings. The molecule has 3 heteroatoms. The minimum absolute atomic E-state index is 0.128. The van der Waals surface area contributed by atoms with E-state index < -0.39 is 0 Å². The lowest BCUT2D eigenvalue weighted by Crippen LogP contribution is -2.08. The van der Waals surface area contributed by atoms with Crippen molar-refractivity contribution in [3.8, 4) is 11.5 Å². The lowest BCUT2D eigenvalue weighted by atomic mass is 10.1. The van der Waals surface area contributed by atoms with E-state index in [-0.39, 0.29) is 6.10 Å². The van der Waals surface area contributed by atoms with Gasteiger partial charge in [-0.3, -0.25) is 0 Å². The maximum atomic E-state index is 5.83. The fourth-order valence-corrected chi connectivity index (χ4v) is 1.63. The average Bonchev–Trinajstić information content (AvgIpc) is 2.30. The van der Waals surface area contributed by atoms with E-state index in [1.54, 1.807) is 7.11 Å². The van der Waals surface area contributed by atoms with E-state index in [2.05, 4.69) is 28.9 Å². The largest absolute Gasteiger partial charge is 0.493 e. The summed E-state index contributed by atoms with van der Waals surface area (Å²) in [7, 11) is 1.66.